The third-order valence-corrected chi connectivity index (χ3v) is 9.92. The molecule has 2 aliphatic carbocycles. The summed E-state index contributed by atoms with van der Waals surface area (Å²) in [6.45, 7) is 0. The van der Waals surface area contributed by atoms with Gasteiger partial charge in [0.15, 0.2) is 0 Å². The van der Waals surface area contributed by atoms with Crippen molar-refractivity contribution >= 4 is 60.3 Å². The molecule has 0 aromatic heterocycles. The van der Waals surface area contributed by atoms with Crippen molar-refractivity contribution < 1.29 is 0 Å². The Labute approximate surface area is 244 Å². The molecule has 0 bridgehead atoms. The zero-order valence-corrected chi connectivity index (χ0v) is 23.3. The summed E-state index contributed by atoms with van der Waals surface area (Å²) in [7, 11) is 0. The molecule has 2 aliphatic rings. The number of rotatable bonds is 2. The monoisotopic (exact) mass is 542 g/mol. The molecule has 0 amide bonds. The van der Waals surface area contributed by atoms with Crippen LogP contribution in [0.4, 0.5) is 0 Å². The van der Waals surface area contributed by atoms with Gasteiger partial charge < -0.3 is 0 Å². The zero-order valence-electron chi connectivity index (χ0n) is 22.6. The van der Waals surface area contributed by atoms with E-state index in [0.717, 1.165) is 12.8 Å². The summed E-state index contributed by atoms with van der Waals surface area (Å²) in [6, 6.07) is 44.8. The van der Waals surface area contributed by atoms with Crippen LogP contribution in [0.15, 0.2) is 127 Å². The van der Waals surface area contributed by atoms with Gasteiger partial charge in [-0.15, -0.1) is 11.6 Å². The standard InChI is InChI=1S/C40H27Cl/c41-36-23-24-11-1-2-12-25(24)30(36)21-22-35-37-31-17-7-3-13-26(31)28-15-5-9-19-33(28)39(37)40-34-20-10-6-16-29(34)27-14-4-8-18-32(27)38(35)40/h1-21,35-36H,22-23H2/b30-21-. The van der Waals surface area contributed by atoms with Crippen molar-refractivity contribution in [1.82, 2.24) is 0 Å². The van der Waals surface area contributed by atoms with E-state index < -0.39 is 0 Å². The second kappa shape index (κ2) is 8.80. The van der Waals surface area contributed by atoms with E-state index in [1.54, 1.807) is 0 Å². The summed E-state index contributed by atoms with van der Waals surface area (Å²) >= 11 is 7.01. The normalized spacial score (nSPS) is 17.1. The maximum Gasteiger partial charge on any atom is 0.0628 e. The van der Waals surface area contributed by atoms with Gasteiger partial charge in [0.1, 0.15) is 0 Å². The van der Waals surface area contributed by atoms with E-state index in [1.165, 1.54) is 82.0 Å². The van der Waals surface area contributed by atoms with Crippen molar-refractivity contribution in [3.05, 3.63) is 150 Å². The Morgan fingerprint density at radius 1 is 0.512 bits per heavy atom. The van der Waals surface area contributed by atoms with Gasteiger partial charge in [-0.25, -0.2) is 0 Å². The number of fused-ring (bicyclic) bond motifs is 14. The highest BCUT2D eigenvalue weighted by atomic mass is 35.5. The Morgan fingerprint density at radius 3 is 1.46 bits per heavy atom. The maximum absolute atomic E-state index is 7.01. The molecule has 194 valence electrons. The number of halogens is 1. The fourth-order valence-electron chi connectivity index (χ4n) is 7.91. The van der Waals surface area contributed by atoms with Crippen LogP contribution >= 0.6 is 11.6 Å². The Balaban J connectivity index is 1.42. The molecule has 0 spiro atoms. The lowest BCUT2D eigenvalue weighted by molar-refractivity contribution is 0.868. The van der Waals surface area contributed by atoms with Crippen molar-refractivity contribution in [3.63, 3.8) is 0 Å². The van der Waals surface area contributed by atoms with Gasteiger partial charge in [-0.3, -0.25) is 0 Å². The summed E-state index contributed by atoms with van der Waals surface area (Å²) < 4.78 is 0. The Bertz CT molecular complexity index is 2110. The quantitative estimate of drug-likeness (QED) is 0.150. The van der Waals surface area contributed by atoms with E-state index in [2.05, 4.69) is 127 Å². The van der Waals surface area contributed by atoms with Crippen molar-refractivity contribution in [2.75, 3.05) is 0 Å². The molecule has 7 aromatic carbocycles. The summed E-state index contributed by atoms with van der Waals surface area (Å²) in [6.07, 6.45) is 4.28. The van der Waals surface area contributed by atoms with E-state index in [1.807, 2.05) is 0 Å². The van der Waals surface area contributed by atoms with Gasteiger partial charge in [0.25, 0.3) is 0 Å². The van der Waals surface area contributed by atoms with Crippen LogP contribution in [-0.2, 0) is 6.42 Å². The molecule has 9 rings (SSSR count). The highest BCUT2D eigenvalue weighted by Gasteiger charge is 2.35. The molecule has 0 N–H and O–H groups in total. The van der Waals surface area contributed by atoms with Crippen LogP contribution in [0.1, 0.15) is 34.6 Å². The van der Waals surface area contributed by atoms with Gasteiger partial charge in [0.05, 0.1) is 5.38 Å². The molecular weight excluding hydrogens is 516 g/mol. The van der Waals surface area contributed by atoms with Gasteiger partial charge in [-0.05, 0) is 94.9 Å². The second-order valence-electron chi connectivity index (χ2n) is 11.5. The maximum atomic E-state index is 7.01. The first-order valence-electron chi connectivity index (χ1n) is 14.6. The average molecular weight is 543 g/mol. The van der Waals surface area contributed by atoms with Gasteiger partial charge in [-0.2, -0.15) is 0 Å². The van der Waals surface area contributed by atoms with Crippen LogP contribution in [-0.4, -0.2) is 5.38 Å². The van der Waals surface area contributed by atoms with Crippen LogP contribution in [0, 0.1) is 0 Å². The predicted octanol–water partition coefficient (Wildman–Crippen LogP) is 11.0. The van der Waals surface area contributed by atoms with Gasteiger partial charge in [-0.1, -0.05) is 127 Å². The van der Waals surface area contributed by atoms with Crippen molar-refractivity contribution in [1.29, 1.82) is 0 Å². The van der Waals surface area contributed by atoms with Crippen LogP contribution in [0.25, 0.3) is 59.8 Å². The van der Waals surface area contributed by atoms with Gasteiger partial charge in [0, 0.05) is 5.92 Å². The van der Waals surface area contributed by atoms with Crippen molar-refractivity contribution in [2.24, 2.45) is 0 Å². The molecule has 0 radical (unpaired) electrons. The van der Waals surface area contributed by atoms with Crippen LogP contribution in [0.3, 0.4) is 0 Å². The molecule has 1 atom stereocenters. The van der Waals surface area contributed by atoms with E-state index in [-0.39, 0.29) is 11.3 Å². The molecule has 0 saturated carbocycles. The van der Waals surface area contributed by atoms with Crippen LogP contribution in [0.2, 0.25) is 0 Å². The first-order valence-corrected chi connectivity index (χ1v) is 15.0. The number of hydrogen-bond donors (Lipinski definition) is 0. The van der Waals surface area contributed by atoms with Gasteiger partial charge in [0.2, 0.25) is 0 Å². The molecule has 0 nitrogen and oxygen atoms in total. The minimum atomic E-state index is 0.0226. The molecular formula is C40H27Cl. The molecule has 41 heavy (non-hydrogen) atoms. The first-order chi connectivity index (χ1) is 20.3. The molecule has 1 unspecified atom stereocenters. The molecule has 7 aromatic rings. The zero-order chi connectivity index (χ0) is 27.1. The topological polar surface area (TPSA) is 0 Å². The highest BCUT2D eigenvalue weighted by molar-refractivity contribution is 6.28. The second-order valence-corrected chi connectivity index (χ2v) is 12.1. The van der Waals surface area contributed by atoms with Crippen LogP contribution < -0.4 is 0 Å². The summed E-state index contributed by atoms with van der Waals surface area (Å²) in [5, 5.41) is 10.8. The Hall–Kier alpha value is -4.39. The number of hydrogen-bond acceptors (Lipinski definition) is 0. The largest absolute Gasteiger partial charge is 0.117 e. The third-order valence-electron chi connectivity index (χ3n) is 9.53. The summed E-state index contributed by atoms with van der Waals surface area (Å²) in [5.41, 5.74) is 9.71. The lowest BCUT2D eigenvalue weighted by Gasteiger charge is -2.18. The van der Waals surface area contributed by atoms with E-state index >= 15 is 0 Å². The number of alkyl halides is 1. The molecule has 0 aliphatic heterocycles. The fraction of sp³-hybridized carbons (Fsp3) is 0.100. The Kier molecular flexibility index (Phi) is 5.01. The van der Waals surface area contributed by atoms with Crippen LogP contribution in [0.5, 0.6) is 0 Å². The van der Waals surface area contributed by atoms with E-state index in [4.69, 9.17) is 11.6 Å². The minimum absolute atomic E-state index is 0.0226. The fourth-order valence-corrected chi connectivity index (χ4v) is 8.29. The van der Waals surface area contributed by atoms with Crippen molar-refractivity contribution in [2.45, 2.75) is 24.1 Å². The first kappa shape index (κ1) is 23.3. The number of benzene rings is 7. The average Bonchev–Trinajstić information content (AvgIpc) is 3.55. The van der Waals surface area contributed by atoms with E-state index in [0.29, 0.717) is 0 Å². The molecule has 0 saturated heterocycles. The van der Waals surface area contributed by atoms with Crippen molar-refractivity contribution in [3.8, 4) is 11.1 Å². The summed E-state index contributed by atoms with van der Waals surface area (Å²) in [4.78, 5) is 0. The van der Waals surface area contributed by atoms with Gasteiger partial charge >= 0.3 is 0 Å². The SMILES string of the molecule is ClC1Cc2ccccc2/C1=C/CC1c2c(c3ccccc3c3ccccc23)-c2c1c1ccccc1c1ccccc21. The number of allylic oxidation sites excluding steroid dienone is 2. The minimum Gasteiger partial charge on any atom is -0.117 e. The predicted molar refractivity (Wildman–Crippen MR) is 176 cm³/mol. The highest BCUT2D eigenvalue weighted by Crippen LogP contribution is 2.57. The smallest absolute Gasteiger partial charge is 0.0628 e. The summed E-state index contributed by atoms with van der Waals surface area (Å²) in [5.74, 6) is 0.230. The lowest BCUT2D eigenvalue weighted by atomic mass is 9.85. The Morgan fingerprint density at radius 2 is 0.927 bits per heavy atom. The third kappa shape index (κ3) is 3.23. The molecule has 0 fully saturated rings. The van der Waals surface area contributed by atoms with E-state index in [9.17, 15) is 0 Å². The molecule has 1 heteroatoms. The molecule has 0 heterocycles. The lowest BCUT2D eigenvalue weighted by Crippen LogP contribution is -2.01.